The average molecular weight is 471 g/mol. The average Bonchev–Trinajstić information content (AvgIpc) is 3.33. The highest BCUT2D eigenvalue weighted by molar-refractivity contribution is 6.06. The zero-order valence-electron chi connectivity index (χ0n) is 19.2. The highest BCUT2D eigenvalue weighted by Gasteiger charge is 2.43. The highest BCUT2D eigenvalue weighted by atomic mass is 16.5. The van der Waals surface area contributed by atoms with E-state index in [1.807, 2.05) is 0 Å². The monoisotopic (exact) mass is 471 g/mol. The summed E-state index contributed by atoms with van der Waals surface area (Å²) >= 11 is 0. The molecule has 1 aliphatic heterocycles. The van der Waals surface area contributed by atoms with Crippen LogP contribution in [0.25, 0.3) is 11.5 Å². The number of rotatable bonds is 5. The van der Waals surface area contributed by atoms with Gasteiger partial charge in [0.15, 0.2) is 0 Å². The van der Waals surface area contributed by atoms with Crippen molar-refractivity contribution in [3.63, 3.8) is 0 Å². The maximum atomic E-state index is 13.1. The molecule has 0 spiro atoms. The van der Waals surface area contributed by atoms with Crippen LogP contribution >= 0.6 is 0 Å². The molecule has 10 heteroatoms. The summed E-state index contributed by atoms with van der Waals surface area (Å²) in [6, 6.07) is 17.6. The Morgan fingerprint density at radius 1 is 1.06 bits per heavy atom. The number of aryl methyl sites for hydroxylation is 1. The molecule has 1 atom stereocenters. The van der Waals surface area contributed by atoms with Gasteiger partial charge in [0.2, 0.25) is 11.8 Å². The van der Waals surface area contributed by atoms with Crippen molar-refractivity contribution in [2.45, 2.75) is 12.8 Å². The fourth-order valence-corrected chi connectivity index (χ4v) is 3.97. The Bertz CT molecular complexity index is 1400. The number of nitrogens with two attached hydrogens (primary N) is 1. The number of anilines is 1. The van der Waals surface area contributed by atoms with E-state index in [9.17, 15) is 14.9 Å². The van der Waals surface area contributed by atoms with E-state index in [0.29, 0.717) is 22.7 Å². The van der Waals surface area contributed by atoms with Crippen molar-refractivity contribution in [1.29, 1.82) is 5.26 Å². The van der Waals surface area contributed by atoms with Crippen LogP contribution in [0.15, 0.2) is 81.7 Å². The number of ether oxygens (including phenoxy) is 2. The molecule has 0 fully saturated rings. The number of aromatic nitrogens is 2. The minimum atomic E-state index is -0.944. The molecule has 10 nitrogen and oxygen atoms in total. The predicted octanol–water partition coefficient (Wildman–Crippen LogP) is 2.94. The molecule has 1 aliphatic rings. The number of esters is 2. The third kappa shape index (κ3) is 4.11. The number of carbonyl (C=O) groups is 2. The summed E-state index contributed by atoms with van der Waals surface area (Å²) in [5, 5.41) is 18.0. The lowest BCUT2D eigenvalue weighted by Gasteiger charge is -2.36. The molecule has 2 heterocycles. The quantitative estimate of drug-likeness (QED) is 0.551. The van der Waals surface area contributed by atoms with Gasteiger partial charge in [-0.05, 0) is 23.8 Å². The molecule has 35 heavy (non-hydrogen) atoms. The number of carbonyl (C=O) groups excluding carboxylic acids is 2. The number of benzene rings is 2. The predicted molar refractivity (Wildman–Crippen MR) is 124 cm³/mol. The van der Waals surface area contributed by atoms with E-state index in [-0.39, 0.29) is 28.6 Å². The molecule has 2 aromatic carbocycles. The third-order valence-electron chi connectivity index (χ3n) is 5.49. The second-order valence-corrected chi connectivity index (χ2v) is 7.51. The maximum absolute atomic E-state index is 13.1. The molecule has 0 amide bonds. The molecule has 0 saturated carbocycles. The van der Waals surface area contributed by atoms with E-state index in [1.165, 1.54) is 19.1 Å². The first kappa shape index (κ1) is 23.3. The van der Waals surface area contributed by atoms with E-state index < -0.39 is 17.9 Å². The van der Waals surface area contributed by atoms with Crippen molar-refractivity contribution in [2.75, 3.05) is 19.1 Å². The van der Waals surface area contributed by atoms with Gasteiger partial charge in [-0.25, -0.2) is 9.59 Å². The van der Waals surface area contributed by atoms with Crippen LogP contribution in [0.3, 0.4) is 0 Å². The molecule has 0 radical (unpaired) electrons. The Balaban J connectivity index is 2.01. The van der Waals surface area contributed by atoms with Crippen molar-refractivity contribution >= 4 is 17.6 Å². The molecule has 1 aromatic heterocycles. The molecule has 0 saturated heterocycles. The number of hydrogen-bond donors (Lipinski definition) is 1. The molecule has 3 aromatic rings. The normalized spacial score (nSPS) is 15.6. The van der Waals surface area contributed by atoms with Crippen LogP contribution in [0.4, 0.5) is 5.69 Å². The largest absolute Gasteiger partial charge is 0.466 e. The van der Waals surface area contributed by atoms with Gasteiger partial charge in [-0.2, -0.15) is 5.26 Å². The summed E-state index contributed by atoms with van der Waals surface area (Å²) in [5.74, 6) is -1.97. The van der Waals surface area contributed by atoms with Gasteiger partial charge in [-0.1, -0.05) is 36.4 Å². The van der Waals surface area contributed by atoms with Crippen LogP contribution in [-0.2, 0) is 19.1 Å². The minimum Gasteiger partial charge on any atom is -0.466 e. The van der Waals surface area contributed by atoms with E-state index >= 15 is 0 Å². The van der Waals surface area contributed by atoms with Crippen LogP contribution < -0.4 is 10.6 Å². The van der Waals surface area contributed by atoms with E-state index in [1.54, 1.807) is 61.5 Å². The van der Waals surface area contributed by atoms with Crippen molar-refractivity contribution in [2.24, 2.45) is 5.73 Å². The van der Waals surface area contributed by atoms with Crippen LogP contribution in [0.5, 0.6) is 0 Å². The lowest BCUT2D eigenvalue weighted by Crippen LogP contribution is -2.40. The molecule has 176 valence electrons. The summed E-state index contributed by atoms with van der Waals surface area (Å²) in [6.45, 7) is 1.66. The van der Waals surface area contributed by atoms with Gasteiger partial charge >= 0.3 is 11.9 Å². The van der Waals surface area contributed by atoms with Gasteiger partial charge in [-0.15, -0.1) is 10.2 Å². The number of allylic oxidation sites excluding steroid dienone is 1. The number of nitriles is 1. The lowest BCUT2D eigenvalue weighted by molar-refractivity contribution is -0.139. The highest BCUT2D eigenvalue weighted by Crippen LogP contribution is 2.43. The molecule has 1 unspecified atom stereocenters. The van der Waals surface area contributed by atoms with Gasteiger partial charge in [0.25, 0.3) is 0 Å². The Morgan fingerprint density at radius 3 is 2.37 bits per heavy atom. The molecule has 0 bridgehead atoms. The van der Waals surface area contributed by atoms with Gasteiger partial charge in [0.1, 0.15) is 11.5 Å². The van der Waals surface area contributed by atoms with E-state index in [0.717, 1.165) is 0 Å². The Hall–Kier alpha value is -4.91. The minimum absolute atomic E-state index is 0.0340. The Kier molecular flexibility index (Phi) is 6.33. The molecular formula is C25H21N5O5. The van der Waals surface area contributed by atoms with Crippen molar-refractivity contribution in [1.82, 2.24) is 10.2 Å². The van der Waals surface area contributed by atoms with Crippen LogP contribution in [0.2, 0.25) is 0 Å². The zero-order valence-corrected chi connectivity index (χ0v) is 19.2. The van der Waals surface area contributed by atoms with Crippen molar-refractivity contribution < 1.29 is 23.5 Å². The second-order valence-electron chi connectivity index (χ2n) is 7.51. The molecule has 4 rings (SSSR count). The second kappa shape index (κ2) is 9.52. The summed E-state index contributed by atoms with van der Waals surface area (Å²) in [6.07, 6.45) is 0. The standard InChI is InChI=1S/C25H21N5O5/c1-14-28-29-23(35-14)16-10-7-11-17(12-16)30-21(25(32)34-3)20(24(31)33-2)19(18(13-26)22(30)27)15-8-5-4-6-9-15/h4-12,19H,27H2,1-3H3. The fraction of sp³-hybridized carbons (Fsp3) is 0.160. The molecule has 0 aliphatic carbocycles. The van der Waals surface area contributed by atoms with Gasteiger partial charge in [-0.3, -0.25) is 4.90 Å². The Morgan fingerprint density at radius 2 is 1.77 bits per heavy atom. The Labute approximate surface area is 200 Å². The molecule has 2 N–H and O–H groups in total. The summed E-state index contributed by atoms with van der Waals surface area (Å²) < 4.78 is 15.6. The number of nitrogens with zero attached hydrogens (tertiary/aromatic N) is 4. The van der Waals surface area contributed by atoms with Gasteiger partial charge in [0, 0.05) is 18.2 Å². The maximum Gasteiger partial charge on any atom is 0.355 e. The SMILES string of the molecule is COC(=O)C1=C(C(=O)OC)N(c2cccc(-c3nnc(C)o3)c2)C(N)=C(C#N)C1c1ccccc1. The van der Waals surface area contributed by atoms with Gasteiger partial charge < -0.3 is 19.6 Å². The van der Waals surface area contributed by atoms with E-state index in [2.05, 4.69) is 16.3 Å². The topological polar surface area (TPSA) is 145 Å². The first-order valence-electron chi connectivity index (χ1n) is 10.5. The zero-order chi connectivity index (χ0) is 25.1. The smallest absolute Gasteiger partial charge is 0.355 e. The van der Waals surface area contributed by atoms with Crippen LogP contribution in [0.1, 0.15) is 17.4 Å². The van der Waals surface area contributed by atoms with Gasteiger partial charge in [0.05, 0.1) is 37.4 Å². The number of methoxy groups -OCH3 is 2. The lowest BCUT2D eigenvalue weighted by atomic mass is 9.81. The van der Waals surface area contributed by atoms with Crippen LogP contribution in [0, 0.1) is 18.3 Å². The third-order valence-corrected chi connectivity index (χ3v) is 5.49. The first-order chi connectivity index (χ1) is 16.9. The fourth-order valence-electron chi connectivity index (χ4n) is 3.97. The first-order valence-corrected chi connectivity index (χ1v) is 10.5. The van der Waals surface area contributed by atoms with Crippen LogP contribution in [-0.4, -0.2) is 36.4 Å². The van der Waals surface area contributed by atoms with Crippen molar-refractivity contribution in [3.8, 4) is 17.5 Å². The summed E-state index contributed by atoms with van der Waals surface area (Å²) in [5.41, 5.74) is 7.85. The summed E-state index contributed by atoms with van der Waals surface area (Å²) in [7, 11) is 2.39. The van der Waals surface area contributed by atoms with E-state index in [4.69, 9.17) is 19.6 Å². The van der Waals surface area contributed by atoms with Crippen molar-refractivity contribution in [3.05, 3.63) is 88.7 Å². The summed E-state index contributed by atoms with van der Waals surface area (Å²) in [4.78, 5) is 27.5. The number of hydrogen-bond acceptors (Lipinski definition) is 10. The molecular weight excluding hydrogens is 450 g/mol.